The van der Waals surface area contributed by atoms with Gasteiger partial charge in [-0.2, -0.15) is 0 Å². The zero-order chi connectivity index (χ0) is 18.7. The van der Waals surface area contributed by atoms with Gasteiger partial charge in [0, 0.05) is 30.5 Å². The topological polar surface area (TPSA) is 52.7 Å². The van der Waals surface area contributed by atoms with Crippen molar-refractivity contribution in [2.45, 2.75) is 32.0 Å². The molecule has 0 spiro atoms. The number of nitrogens with zero attached hydrogens (tertiary/aromatic N) is 4. The number of carbonyl (C=O) groups is 1. The van der Waals surface area contributed by atoms with Crippen molar-refractivity contribution in [1.82, 2.24) is 19.3 Å². The standard InChI is InChI=1S/C19H21FN4OS/c1-13-10-17(18(25)11-26-19-22-21-12-23(19)3)14(2)24(13)9-8-15-4-6-16(20)7-5-15/h4-7,10,12H,8-9,11H2,1-3H3. The highest BCUT2D eigenvalue weighted by atomic mass is 32.2. The summed E-state index contributed by atoms with van der Waals surface area (Å²) in [7, 11) is 1.86. The zero-order valence-electron chi connectivity index (χ0n) is 15.1. The second kappa shape index (κ2) is 7.86. The second-order valence-corrected chi connectivity index (χ2v) is 7.19. The van der Waals surface area contributed by atoms with E-state index in [1.165, 1.54) is 23.9 Å². The molecule has 3 aromatic rings. The maximum atomic E-state index is 13.0. The maximum absolute atomic E-state index is 13.0. The maximum Gasteiger partial charge on any atom is 0.191 e. The molecule has 0 saturated heterocycles. The summed E-state index contributed by atoms with van der Waals surface area (Å²) in [5.74, 6) is 0.184. The van der Waals surface area contributed by atoms with E-state index in [0.29, 0.717) is 5.75 Å². The molecule has 0 aliphatic heterocycles. The van der Waals surface area contributed by atoms with E-state index >= 15 is 0 Å². The first-order valence-electron chi connectivity index (χ1n) is 8.37. The summed E-state index contributed by atoms with van der Waals surface area (Å²) in [6.45, 7) is 4.73. The van der Waals surface area contributed by atoms with E-state index in [1.807, 2.05) is 27.0 Å². The average Bonchev–Trinajstić information content (AvgIpc) is 3.15. The number of hydrogen-bond donors (Lipinski definition) is 0. The second-order valence-electron chi connectivity index (χ2n) is 6.25. The van der Waals surface area contributed by atoms with Crippen molar-refractivity contribution < 1.29 is 9.18 Å². The highest BCUT2D eigenvalue weighted by Gasteiger charge is 2.17. The Morgan fingerprint density at radius 1 is 1.23 bits per heavy atom. The summed E-state index contributed by atoms with van der Waals surface area (Å²) in [6, 6.07) is 8.49. The molecule has 0 bridgehead atoms. The third-order valence-electron chi connectivity index (χ3n) is 4.41. The van der Waals surface area contributed by atoms with Crippen LogP contribution in [-0.2, 0) is 20.0 Å². The number of thioether (sulfide) groups is 1. The first-order chi connectivity index (χ1) is 12.5. The predicted octanol–water partition coefficient (Wildman–Crippen LogP) is 3.59. The molecule has 0 amide bonds. The molecule has 0 radical (unpaired) electrons. The van der Waals surface area contributed by atoms with Crippen LogP contribution in [-0.4, -0.2) is 30.9 Å². The van der Waals surface area contributed by atoms with Gasteiger partial charge in [-0.3, -0.25) is 4.79 Å². The molecule has 0 fully saturated rings. The Morgan fingerprint density at radius 3 is 2.62 bits per heavy atom. The van der Waals surface area contributed by atoms with Crippen LogP contribution >= 0.6 is 11.8 Å². The van der Waals surface area contributed by atoms with Crippen molar-refractivity contribution in [3.05, 3.63) is 65.0 Å². The number of carbonyl (C=O) groups excluding carboxylic acids is 1. The lowest BCUT2D eigenvalue weighted by Crippen LogP contribution is -2.08. The summed E-state index contributed by atoms with van der Waals surface area (Å²) in [4.78, 5) is 12.6. The molecule has 26 heavy (non-hydrogen) atoms. The van der Waals surface area contributed by atoms with Gasteiger partial charge in [0.1, 0.15) is 12.1 Å². The fourth-order valence-corrected chi connectivity index (χ4v) is 3.70. The predicted molar refractivity (Wildman–Crippen MR) is 100 cm³/mol. The Labute approximate surface area is 156 Å². The highest BCUT2D eigenvalue weighted by molar-refractivity contribution is 7.99. The molecule has 2 heterocycles. The van der Waals surface area contributed by atoms with Crippen LogP contribution in [0, 0.1) is 19.7 Å². The monoisotopic (exact) mass is 372 g/mol. The Morgan fingerprint density at radius 2 is 1.96 bits per heavy atom. The van der Waals surface area contributed by atoms with E-state index in [0.717, 1.165) is 40.6 Å². The molecule has 0 N–H and O–H groups in total. The van der Waals surface area contributed by atoms with E-state index < -0.39 is 0 Å². The van der Waals surface area contributed by atoms with Crippen LogP contribution < -0.4 is 0 Å². The van der Waals surface area contributed by atoms with Crippen LogP contribution in [0.25, 0.3) is 0 Å². The SMILES string of the molecule is Cc1cc(C(=O)CSc2nncn2C)c(C)n1CCc1ccc(F)cc1. The molecule has 0 saturated carbocycles. The van der Waals surface area contributed by atoms with Gasteiger partial charge in [-0.25, -0.2) is 4.39 Å². The van der Waals surface area contributed by atoms with Gasteiger partial charge in [-0.15, -0.1) is 10.2 Å². The molecule has 1 aromatic carbocycles. The Balaban J connectivity index is 1.67. The molecule has 2 aromatic heterocycles. The molecule has 5 nitrogen and oxygen atoms in total. The van der Waals surface area contributed by atoms with E-state index in [9.17, 15) is 9.18 Å². The van der Waals surface area contributed by atoms with Crippen molar-refractivity contribution in [2.24, 2.45) is 7.05 Å². The summed E-state index contributed by atoms with van der Waals surface area (Å²) in [5.41, 5.74) is 3.84. The smallest absolute Gasteiger partial charge is 0.191 e. The van der Waals surface area contributed by atoms with Crippen molar-refractivity contribution in [3.8, 4) is 0 Å². The summed E-state index contributed by atoms with van der Waals surface area (Å²) in [6.07, 6.45) is 2.41. The molecule has 0 aliphatic rings. The van der Waals surface area contributed by atoms with Crippen LogP contribution in [0.5, 0.6) is 0 Å². The lowest BCUT2D eigenvalue weighted by molar-refractivity contribution is 0.102. The van der Waals surface area contributed by atoms with E-state index in [-0.39, 0.29) is 11.6 Å². The number of ketones is 1. The van der Waals surface area contributed by atoms with Gasteiger partial charge in [0.05, 0.1) is 5.75 Å². The van der Waals surface area contributed by atoms with Gasteiger partial charge in [0.25, 0.3) is 0 Å². The molecule has 7 heteroatoms. The van der Waals surface area contributed by atoms with Gasteiger partial charge >= 0.3 is 0 Å². The van der Waals surface area contributed by atoms with Crippen molar-refractivity contribution in [2.75, 3.05) is 5.75 Å². The largest absolute Gasteiger partial charge is 0.348 e. The lowest BCUT2D eigenvalue weighted by atomic mass is 10.1. The third-order valence-corrected chi connectivity index (χ3v) is 5.45. The third kappa shape index (κ3) is 4.04. The average molecular weight is 372 g/mol. The van der Waals surface area contributed by atoms with Gasteiger partial charge in [-0.05, 0) is 44.0 Å². The van der Waals surface area contributed by atoms with Crippen molar-refractivity contribution >= 4 is 17.5 Å². The first kappa shape index (κ1) is 18.4. The molecular formula is C19H21FN4OS. The number of halogens is 1. The molecule has 3 rings (SSSR count). The number of aryl methyl sites for hydroxylation is 3. The van der Waals surface area contributed by atoms with Crippen LogP contribution in [0.4, 0.5) is 4.39 Å². The van der Waals surface area contributed by atoms with Crippen LogP contribution in [0.2, 0.25) is 0 Å². The van der Waals surface area contributed by atoms with Crippen molar-refractivity contribution in [1.29, 1.82) is 0 Å². The molecule has 0 atom stereocenters. The first-order valence-corrected chi connectivity index (χ1v) is 9.35. The van der Waals surface area contributed by atoms with E-state index in [2.05, 4.69) is 14.8 Å². The molecule has 0 unspecified atom stereocenters. The number of Topliss-reactive ketones (excluding diaryl/α,β-unsaturated/α-hetero) is 1. The minimum atomic E-state index is -0.227. The highest BCUT2D eigenvalue weighted by Crippen LogP contribution is 2.21. The van der Waals surface area contributed by atoms with Crippen molar-refractivity contribution in [3.63, 3.8) is 0 Å². The molecule has 0 aliphatic carbocycles. The zero-order valence-corrected chi connectivity index (χ0v) is 15.9. The molecular weight excluding hydrogens is 351 g/mol. The molecule has 136 valence electrons. The fourth-order valence-electron chi connectivity index (χ4n) is 2.93. The quantitative estimate of drug-likeness (QED) is 0.470. The van der Waals surface area contributed by atoms with Crippen LogP contribution in [0.3, 0.4) is 0 Å². The van der Waals surface area contributed by atoms with Crippen LogP contribution in [0.15, 0.2) is 41.8 Å². The Hall–Kier alpha value is -2.41. The normalized spacial score (nSPS) is 11.1. The van der Waals surface area contributed by atoms with E-state index in [1.54, 1.807) is 23.0 Å². The van der Waals surface area contributed by atoms with Gasteiger partial charge in [-0.1, -0.05) is 23.9 Å². The number of benzene rings is 1. The Bertz CT molecular complexity index is 914. The number of hydrogen-bond acceptors (Lipinski definition) is 4. The fraction of sp³-hybridized carbons (Fsp3) is 0.316. The summed E-state index contributed by atoms with van der Waals surface area (Å²) in [5, 5.41) is 8.53. The van der Waals surface area contributed by atoms with Gasteiger partial charge < -0.3 is 9.13 Å². The summed E-state index contributed by atoms with van der Waals surface area (Å²) >= 11 is 1.39. The number of rotatable bonds is 7. The summed E-state index contributed by atoms with van der Waals surface area (Å²) < 4.78 is 17.0. The minimum Gasteiger partial charge on any atom is -0.348 e. The van der Waals surface area contributed by atoms with Gasteiger partial charge in [0.2, 0.25) is 0 Å². The Kier molecular flexibility index (Phi) is 5.56. The minimum absolute atomic E-state index is 0.0825. The van der Waals surface area contributed by atoms with Gasteiger partial charge in [0.15, 0.2) is 10.9 Å². The van der Waals surface area contributed by atoms with E-state index in [4.69, 9.17) is 0 Å². The van der Waals surface area contributed by atoms with Crippen LogP contribution in [0.1, 0.15) is 27.3 Å². The lowest BCUT2D eigenvalue weighted by Gasteiger charge is -2.10. The number of aromatic nitrogens is 4.